The lowest BCUT2D eigenvalue weighted by molar-refractivity contribution is -0.118. The van der Waals surface area contributed by atoms with Crippen LogP contribution >= 0.6 is 0 Å². The topological polar surface area (TPSA) is 40.5 Å². The van der Waals surface area contributed by atoms with E-state index >= 15 is 0 Å². The fourth-order valence-corrected chi connectivity index (χ4v) is 1.90. The normalized spacial score (nSPS) is 10.5. The number of nitrogens with zero attached hydrogens (tertiary/aromatic N) is 1. The van der Waals surface area contributed by atoms with E-state index in [9.17, 15) is 4.79 Å². The van der Waals surface area contributed by atoms with Crippen LogP contribution in [0.2, 0.25) is 0 Å². The van der Waals surface area contributed by atoms with Gasteiger partial charge in [0.05, 0.1) is 18.7 Å². The second-order valence-electron chi connectivity index (χ2n) is 3.92. The Labute approximate surface area is 100 Å². The Balaban J connectivity index is 2.44. The molecule has 2 aromatic carbocycles. The van der Waals surface area contributed by atoms with Crippen LogP contribution in [-0.4, -0.2) is 24.7 Å². The first-order chi connectivity index (χ1) is 8.24. The number of fused-ring (bicyclic) bond motifs is 1. The van der Waals surface area contributed by atoms with Crippen molar-refractivity contribution < 1.29 is 9.90 Å². The second kappa shape index (κ2) is 4.97. The van der Waals surface area contributed by atoms with Crippen LogP contribution in [0.3, 0.4) is 0 Å². The van der Waals surface area contributed by atoms with E-state index in [0.717, 1.165) is 16.5 Å². The number of hydrogen-bond acceptors (Lipinski definition) is 2. The molecule has 3 heteroatoms. The highest BCUT2D eigenvalue weighted by Gasteiger charge is 2.12. The summed E-state index contributed by atoms with van der Waals surface area (Å²) < 4.78 is 0. The molecule has 1 N–H and O–H groups in total. The molecule has 0 atom stereocenters. The molecule has 2 rings (SSSR count). The lowest BCUT2D eigenvalue weighted by atomic mass is 10.1. The Kier molecular flexibility index (Phi) is 3.40. The van der Waals surface area contributed by atoms with E-state index in [1.165, 1.54) is 0 Å². The average molecular weight is 229 g/mol. The molecule has 0 spiro atoms. The van der Waals surface area contributed by atoms with E-state index in [-0.39, 0.29) is 18.9 Å². The van der Waals surface area contributed by atoms with E-state index in [1.807, 2.05) is 42.5 Å². The molecule has 0 fully saturated rings. The highest BCUT2D eigenvalue weighted by molar-refractivity contribution is 6.03. The number of aliphatic hydroxyl groups is 1. The number of benzene rings is 2. The monoisotopic (exact) mass is 229 g/mol. The molecular weight excluding hydrogens is 214 g/mol. The fraction of sp³-hybridized carbons (Fsp3) is 0.214. The van der Waals surface area contributed by atoms with E-state index < -0.39 is 0 Å². The second-order valence-corrected chi connectivity index (χ2v) is 3.92. The third kappa shape index (κ3) is 2.29. The minimum Gasteiger partial charge on any atom is -0.396 e. The molecule has 0 saturated carbocycles. The summed E-state index contributed by atoms with van der Waals surface area (Å²) in [7, 11) is 1.74. The smallest absolute Gasteiger partial charge is 0.229 e. The van der Waals surface area contributed by atoms with Gasteiger partial charge in [-0.25, -0.2) is 0 Å². The van der Waals surface area contributed by atoms with Crippen LogP contribution in [0.5, 0.6) is 0 Å². The third-order valence-electron chi connectivity index (χ3n) is 2.83. The van der Waals surface area contributed by atoms with Gasteiger partial charge in [0.2, 0.25) is 5.91 Å². The Hall–Kier alpha value is -1.87. The SMILES string of the molecule is CN(C(=O)CCO)c1cccc2ccccc12. The predicted molar refractivity (Wildman–Crippen MR) is 69.1 cm³/mol. The molecule has 0 saturated heterocycles. The molecule has 17 heavy (non-hydrogen) atoms. The Morgan fingerprint density at radius 2 is 1.88 bits per heavy atom. The quantitative estimate of drug-likeness (QED) is 0.876. The zero-order valence-corrected chi connectivity index (χ0v) is 9.76. The first kappa shape index (κ1) is 11.6. The molecule has 0 aliphatic heterocycles. The largest absolute Gasteiger partial charge is 0.396 e. The van der Waals surface area contributed by atoms with Crippen molar-refractivity contribution in [3.05, 3.63) is 42.5 Å². The first-order valence-corrected chi connectivity index (χ1v) is 5.59. The molecular formula is C14H15NO2. The van der Waals surface area contributed by atoms with Crippen LogP contribution in [-0.2, 0) is 4.79 Å². The lowest BCUT2D eigenvalue weighted by Crippen LogP contribution is -2.26. The highest BCUT2D eigenvalue weighted by Crippen LogP contribution is 2.26. The van der Waals surface area contributed by atoms with Crippen molar-refractivity contribution in [3.8, 4) is 0 Å². The summed E-state index contributed by atoms with van der Waals surface area (Å²) >= 11 is 0. The number of anilines is 1. The Bertz CT molecular complexity index is 531. The predicted octanol–water partition coefficient (Wildman–Crippen LogP) is 2.18. The maximum Gasteiger partial charge on any atom is 0.229 e. The van der Waals surface area contributed by atoms with Crippen LogP contribution in [0.4, 0.5) is 5.69 Å². The zero-order valence-electron chi connectivity index (χ0n) is 9.76. The van der Waals surface area contributed by atoms with Gasteiger partial charge in [-0.2, -0.15) is 0 Å². The van der Waals surface area contributed by atoms with Crippen LogP contribution < -0.4 is 4.90 Å². The van der Waals surface area contributed by atoms with Gasteiger partial charge in [-0.1, -0.05) is 36.4 Å². The molecule has 0 radical (unpaired) electrons. The van der Waals surface area contributed by atoms with Gasteiger partial charge in [0.15, 0.2) is 0 Å². The number of carbonyl (C=O) groups is 1. The number of aliphatic hydroxyl groups excluding tert-OH is 1. The molecule has 0 heterocycles. The molecule has 2 aromatic rings. The van der Waals surface area contributed by atoms with E-state index in [2.05, 4.69) is 0 Å². The van der Waals surface area contributed by atoms with Crippen molar-refractivity contribution in [2.24, 2.45) is 0 Å². The van der Waals surface area contributed by atoms with E-state index in [1.54, 1.807) is 11.9 Å². The molecule has 0 aliphatic carbocycles. The number of rotatable bonds is 3. The third-order valence-corrected chi connectivity index (χ3v) is 2.83. The number of amides is 1. The van der Waals surface area contributed by atoms with Crippen molar-refractivity contribution in [3.63, 3.8) is 0 Å². The first-order valence-electron chi connectivity index (χ1n) is 5.59. The molecule has 1 amide bonds. The van der Waals surface area contributed by atoms with Crippen molar-refractivity contribution in [2.45, 2.75) is 6.42 Å². The van der Waals surface area contributed by atoms with Gasteiger partial charge >= 0.3 is 0 Å². The average Bonchev–Trinajstić information content (AvgIpc) is 2.37. The summed E-state index contributed by atoms with van der Waals surface area (Å²) in [6, 6.07) is 13.8. The molecule has 0 aromatic heterocycles. The molecule has 0 unspecified atom stereocenters. The van der Waals surface area contributed by atoms with Gasteiger partial charge in [-0.15, -0.1) is 0 Å². The van der Waals surface area contributed by atoms with Gasteiger partial charge in [0.25, 0.3) is 0 Å². The summed E-state index contributed by atoms with van der Waals surface area (Å²) in [5.41, 5.74) is 0.876. The van der Waals surface area contributed by atoms with Crippen LogP contribution in [0.1, 0.15) is 6.42 Å². The minimum absolute atomic E-state index is 0.0798. The Morgan fingerprint density at radius 3 is 2.65 bits per heavy atom. The number of hydrogen-bond donors (Lipinski definition) is 1. The maximum absolute atomic E-state index is 11.8. The molecule has 3 nitrogen and oxygen atoms in total. The molecule has 88 valence electrons. The zero-order chi connectivity index (χ0) is 12.3. The van der Waals surface area contributed by atoms with Gasteiger partial charge < -0.3 is 10.0 Å². The van der Waals surface area contributed by atoms with Gasteiger partial charge in [0.1, 0.15) is 0 Å². The van der Waals surface area contributed by atoms with Crippen LogP contribution in [0.15, 0.2) is 42.5 Å². The summed E-state index contributed by atoms with van der Waals surface area (Å²) in [6.07, 6.45) is 0.153. The van der Waals surface area contributed by atoms with Crippen molar-refractivity contribution >= 4 is 22.4 Å². The minimum atomic E-state index is -0.117. The van der Waals surface area contributed by atoms with Crippen molar-refractivity contribution in [2.75, 3.05) is 18.6 Å². The summed E-state index contributed by atoms with van der Waals surface area (Å²) in [6.45, 7) is -0.117. The summed E-state index contributed by atoms with van der Waals surface area (Å²) in [4.78, 5) is 13.3. The van der Waals surface area contributed by atoms with E-state index in [4.69, 9.17) is 5.11 Å². The van der Waals surface area contributed by atoms with Gasteiger partial charge in [0, 0.05) is 12.4 Å². The van der Waals surface area contributed by atoms with Crippen molar-refractivity contribution in [1.82, 2.24) is 0 Å². The highest BCUT2D eigenvalue weighted by atomic mass is 16.3. The number of carbonyl (C=O) groups excluding carboxylic acids is 1. The lowest BCUT2D eigenvalue weighted by Gasteiger charge is -2.19. The van der Waals surface area contributed by atoms with E-state index in [0.29, 0.717) is 0 Å². The van der Waals surface area contributed by atoms with Crippen molar-refractivity contribution in [1.29, 1.82) is 0 Å². The van der Waals surface area contributed by atoms with Gasteiger partial charge in [-0.3, -0.25) is 4.79 Å². The summed E-state index contributed by atoms with van der Waals surface area (Å²) in [5, 5.41) is 10.9. The molecule has 0 aliphatic rings. The van der Waals surface area contributed by atoms with Gasteiger partial charge in [-0.05, 0) is 11.5 Å². The fourth-order valence-electron chi connectivity index (χ4n) is 1.90. The molecule has 0 bridgehead atoms. The summed E-state index contributed by atoms with van der Waals surface area (Å²) in [5.74, 6) is -0.0798. The maximum atomic E-state index is 11.8. The van der Waals surface area contributed by atoms with Crippen LogP contribution in [0, 0.1) is 0 Å². The van der Waals surface area contributed by atoms with Crippen LogP contribution in [0.25, 0.3) is 10.8 Å². The standard InChI is InChI=1S/C14H15NO2/c1-15(14(17)9-10-16)13-8-4-6-11-5-2-3-7-12(11)13/h2-8,16H,9-10H2,1H3. The Morgan fingerprint density at radius 1 is 1.18 bits per heavy atom.